The van der Waals surface area contributed by atoms with E-state index in [1.165, 1.54) is 0 Å². The van der Waals surface area contributed by atoms with E-state index in [1.54, 1.807) is 42.5 Å². The van der Waals surface area contributed by atoms with Crippen molar-refractivity contribution in [3.05, 3.63) is 100 Å². The topological polar surface area (TPSA) is 81.1 Å². The van der Waals surface area contributed by atoms with Crippen LogP contribution in [0, 0.1) is 6.92 Å². The van der Waals surface area contributed by atoms with Crippen molar-refractivity contribution in [1.29, 1.82) is 0 Å². The molecule has 0 aliphatic carbocycles. The molecule has 0 unspecified atom stereocenters. The van der Waals surface area contributed by atoms with Gasteiger partial charge < -0.3 is 4.57 Å². The second-order valence-corrected chi connectivity index (χ2v) is 9.55. The minimum absolute atomic E-state index is 0.222. The fourth-order valence-electron chi connectivity index (χ4n) is 3.95. The molecule has 2 heterocycles. The van der Waals surface area contributed by atoms with Gasteiger partial charge in [-0.2, -0.15) is 4.98 Å². The molecule has 4 aromatic rings. The van der Waals surface area contributed by atoms with Gasteiger partial charge in [-0.3, -0.25) is 9.52 Å². The molecule has 0 radical (unpaired) electrons. The summed E-state index contributed by atoms with van der Waals surface area (Å²) in [5, 5.41) is 0.628. The van der Waals surface area contributed by atoms with Crippen LogP contribution in [0.25, 0.3) is 22.6 Å². The Labute approximate surface area is 185 Å². The van der Waals surface area contributed by atoms with Gasteiger partial charge in [0.05, 0.1) is 15.8 Å². The normalized spacial score (nSPS) is 14.6. The fraction of sp³-hybridized carbons (Fsp3) is 0.120. The molecule has 1 aliphatic rings. The van der Waals surface area contributed by atoms with Gasteiger partial charge in [0.1, 0.15) is 5.82 Å². The van der Waals surface area contributed by atoms with Gasteiger partial charge in [0, 0.05) is 12.2 Å². The third-order valence-corrected chi connectivity index (χ3v) is 7.01. The van der Waals surface area contributed by atoms with E-state index in [4.69, 9.17) is 0 Å². The third kappa shape index (κ3) is 3.71. The lowest BCUT2D eigenvalue weighted by molar-refractivity contribution is 0.601. The number of sulfonamides is 1. The van der Waals surface area contributed by atoms with Gasteiger partial charge in [-0.25, -0.2) is 8.42 Å². The summed E-state index contributed by atoms with van der Waals surface area (Å²) in [7, 11) is -3.64. The number of para-hydroxylation sites is 1. The Morgan fingerprint density at radius 1 is 0.969 bits per heavy atom. The number of aryl methyl sites for hydroxylation is 2. The first-order chi connectivity index (χ1) is 15.4. The van der Waals surface area contributed by atoms with Crippen LogP contribution in [0.5, 0.6) is 0 Å². The first-order valence-electron chi connectivity index (χ1n) is 10.3. The number of hydrogen-bond donors (Lipinski definition) is 1. The zero-order valence-corrected chi connectivity index (χ0v) is 18.3. The van der Waals surface area contributed by atoms with E-state index < -0.39 is 10.0 Å². The number of hydrogen-bond acceptors (Lipinski definition) is 4. The number of allylic oxidation sites excluding steroid dienone is 1. The molecule has 0 atom stereocenters. The SMILES string of the molecule is Cc1ccc(S(=O)(=O)Nc2ccc(/C=C3\CCn4c3nc(=O)c3ccccc34)cc2)cc1. The Morgan fingerprint density at radius 3 is 2.44 bits per heavy atom. The molecule has 0 amide bonds. The van der Waals surface area contributed by atoms with Crippen LogP contribution in [-0.4, -0.2) is 18.0 Å². The number of aromatic nitrogens is 2. The second-order valence-electron chi connectivity index (χ2n) is 7.87. The summed E-state index contributed by atoms with van der Waals surface area (Å²) in [6, 6.07) is 21.4. The highest BCUT2D eigenvalue weighted by atomic mass is 32.2. The zero-order chi connectivity index (χ0) is 22.3. The summed E-state index contributed by atoms with van der Waals surface area (Å²) in [6.07, 6.45) is 2.78. The first kappa shape index (κ1) is 20.2. The molecule has 7 heteroatoms. The summed E-state index contributed by atoms with van der Waals surface area (Å²) in [5.41, 5.74) is 4.06. The smallest absolute Gasteiger partial charge is 0.281 e. The Kier molecular flexibility index (Phi) is 4.90. The lowest BCUT2D eigenvalue weighted by Gasteiger charge is -2.09. The first-order valence-corrected chi connectivity index (χ1v) is 11.8. The predicted octanol–water partition coefficient (Wildman–Crippen LogP) is 4.45. The second kappa shape index (κ2) is 7.76. The maximum Gasteiger partial charge on any atom is 0.281 e. The molecule has 1 aromatic heterocycles. The molecule has 5 rings (SSSR count). The van der Waals surface area contributed by atoms with Crippen molar-refractivity contribution in [1.82, 2.24) is 9.55 Å². The highest BCUT2D eigenvalue weighted by Crippen LogP contribution is 2.29. The van der Waals surface area contributed by atoms with E-state index in [2.05, 4.69) is 14.3 Å². The average molecular weight is 444 g/mol. The van der Waals surface area contributed by atoms with Gasteiger partial charge in [-0.1, -0.05) is 42.0 Å². The molecule has 1 aliphatic heterocycles. The minimum atomic E-state index is -3.64. The zero-order valence-electron chi connectivity index (χ0n) is 17.4. The van der Waals surface area contributed by atoms with Crippen LogP contribution in [0.4, 0.5) is 5.69 Å². The molecule has 1 N–H and O–H groups in total. The van der Waals surface area contributed by atoms with Crippen LogP contribution in [0.2, 0.25) is 0 Å². The van der Waals surface area contributed by atoms with Gasteiger partial charge in [0.2, 0.25) is 0 Å². The maximum atomic E-state index is 12.6. The van der Waals surface area contributed by atoms with Crippen molar-refractivity contribution in [3.8, 4) is 0 Å². The monoisotopic (exact) mass is 443 g/mol. The van der Waals surface area contributed by atoms with Crippen LogP contribution in [0.15, 0.2) is 82.5 Å². The number of rotatable bonds is 4. The molecule has 0 spiro atoms. The van der Waals surface area contributed by atoms with Crippen molar-refractivity contribution in [3.63, 3.8) is 0 Å². The van der Waals surface area contributed by atoms with Crippen LogP contribution < -0.4 is 10.3 Å². The summed E-state index contributed by atoms with van der Waals surface area (Å²) < 4.78 is 29.9. The predicted molar refractivity (Wildman–Crippen MR) is 127 cm³/mol. The van der Waals surface area contributed by atoms with E-state index in [1.807, 2.05) is 43.3 Å². The number of nitrogens with zero attached hydrogens (tertiary/aromatic N) is 2. The highest BCUT2D eigenvalue weighted by Gasteiger charge is 2.20. The molecule has 3 aromatic carbocycles. The third-order valence-electron chi connectivity index (χ3n) is 5.62. The molecular weight excluding hydrogens is 422 g/mol. The van der Waals surface area contributed by atoms with Crippen molar-refractivity contribution in [2.45, 2.75) is 24.8 Å². The number of fused-ring (bicyclic) bond motifs is 3. The van der Waals surface area contributed by atoms with Crippen LogP contribution in [0.1, 0.15) is 23.4 Å². The molecule has 0 bridgehead atoms. The molecule has 6 nitrogen and oxygen atoms in total. The molecule has 160 valence electrons. The molecule has 0 saturated carbocycles. The Hall–Kier alpha value is -3.71. The summed E-state index contributed by atoms with van der Waals surface area (Å²) in [6.45, 7) is 2.68. The van der Waals surface area contributed by atoms with E-state index in [9.17, 15) is 13.2 Å². The van der Waals surface area contributed by atoms with Crippen molar-refractivity contribution >= 4 is 38.3 Å². The van der Waals surface area contributed by atoms with Crippen molar-refractivity contribution in [2.75, 3.05) is 4.72 Å². The summed E-state index contributed by atoms with van der Waals surface area (Å²) in [4.78, 5) is 17.0. The van der Waals surface area contributed by atoms with E-state index >= 15 is 0 Å². The summed E-state index contributed by atoms with van der Waals surface area (Å²) >= 11 is 0. The molecule has 0 fully saturated rings. The fourth-order valence-corrected chi connectivity index (χ4v) is 5.01. The lowest BCUT2D eigenvalue weighted by Crippen LogP contribution is -2.14. The highest BCUT2D eigenvalue weighted by molar-refractivity contribution is 7.92. The summed E-state index contributed by atoms with van der Waals surface area (Å²) in [5.74, 6) is 0.692. The van der Waals surface area contributed by atoms with Gasteiger partial charge >= 0.3 is 0 Å². The molecule has 32 heavy (non-hydrogen) atoms. The van der Waals surface area contributed by atoms with E-state index in [0.29, 0.717) is 16.9 Å². The number of nitrogens with one attached hydrogen (secondary N) is 1. The van der Waals surface area contributed by atoms with Crippen LogP contribution in [-0.2, 0) is 16.6 Å². The van der Waals surface area contributed by atoms with Crippen molar-refractivity contribution < 1.29 is 8.42 Å². The van der Waals surface area contributed by atoms with E-state index in [0.717, 1.165) is 35.2 Å². The van der Waals surface area contributed by atoms with Crippen LogP contribution >= 0.6 is 0 Å². The standard InChI is InChI=1S/C25H21N3O3S/c1-17-6-12-21(13-7-17)32(30,31)27-20-10-8-18(9-11-20)16-19-14-15-28-23-5-3-2-4-22(23)25(29)26-24(19)28/h2-13,16,27H,14-15H2,1H3/b19-16+. The average Bonchev–Trinajstić information content (AvgIpc) is 3.18. The molecular formula is C25H21N3O3S. The van der Waals surface area contributed by atoms with Gasteiger partial charge in [-0.15, -0.1) is 0 Å². The molecule has 0 saturated heterocycles. The Morgan fingerprint density at radius 2 is 1.69 bits per heavy atom. The Balaban J connectivity index is 1.42. The maximum absolute atomic E-state index is 12.6. The van der Waals surface area contributed by atoms with E-state index in [-0.39, 0.29) is 10.5 Å². The van der Waals surface area contributed by atoms with Crippen molar-refractivity contribution in [2.24, 2.45) is 0 Å². The van der Waals surface area contributed by atoms with Gasteiger partial charge in [-0.05, 0) is 67.0 Å². The number of anilines is 1. The lowest BCUT2D eigenvalue weighted by atomic mass is 10.1. The van der Waals surface area contributed by atoms with Gasteiger partial charge in [0.15, 0.2) is 0 Å². The quantitative estimate of drug-likeness (QED) is 0.505. The van der Waals surface area contributed by atoms with Crippen LogP contribution in [0.3, 0.4) is 0 Å². The minimum Gasteiger partial charge on any atom is -0.325 e. The largest absolute Gasteiger partial charge is 0.325 e. The number of benzene rings is 3. The Bertz CT molecular complexity index is 1520. The van der Waals surface area contributed by atoms with Gasteiger partial charge in [0.25, 0.3) is 15.6 Å².